The Hall–Kier alpha value is -2.00. The number of sulfone groups is 1. The highest BCUT2D eigenvalue weighted by Gasteiger charge is 2.46. The van der Waals surface area contributed by atoms with Crippen molar-refractivity contribution in [2.45, 2.75) is 11.4 Å². The molecule has 1 heterocycles. The van der Waals surface area contributed by atoms with Crippen LogP contribution >= 0.6 is 0 Å². The molecule has 140 valence electrons. The second-order valence-corrected chi connectivity index (χ2v) is 8.65. The lowest BCUT2D eigenvalue weighted by Crippen LogP contribution is -2.71. The van der Waals surface area contributed by atoms with Gasteiger partial charge in [-0.25, -0.2) is 12.8 Å². The third-order valence-corrected chi connectivity index (χ3v) is 6.78. The van der Waals surface area contributed by atoms with Crippen LogP contribution in [0, 0.1) is 5.82 Å². The Morgan fingerprint density at radius 1 is 1.15 bits per heavy atom. The first-order valence-corrected chi connectivity index (χ1v) is 10.0. The van der Waals surface area contributed by atoms with Crippen LogP contribution in [-0.2, 0) is 16.3 Å². The monoisotopic (exact) mass is 379 g/mol. The molecule has 0 amide bonds. The summed E-state index contributed by atoms with van der Waals surface area (Å²) in [6.45, 7) is 0.908. The third-order valence-electron chi connectivity index (χ3n) is 4.61. The second kappa shape index (κ2) is 7.71. The normalized spacial score (nSPS) is 20.9. The van der Waals surface area contributed by atoms with E-state index in [2.05, 4.69) is 5.32 Å². The number of hydrogen-bond donors (Lipinski definition) is 3. The SMILES string of the molecule is O=S(=O)(CCc1ccccc1)C1(NO)CN(c2ccc(F)cc2)CCN1. The number of nitrogens with zero attached hydrogens (tertiary/aromatic N) is 1. The third kappa shape index (κ3) is 3.88. The highest BCUT2D eigenvalue weighted by Crippen LogP contribution is 2.23. The van der Waals surface area contributed by atoms with Crippen molar-refractivity contribution >= 4 is 15.5 Å². The molecule has 2 aromatic carbocycles. The zero-order chi connectivity index (χ0) is 18.6. The van der Waals surface area contributed by atoms with Crippen molar-refractivity contribution in [3.05, 3.63) is 66.0 Å². The average molecular weight is 379 g/mol. The molecule has 0 saturated carbocycles. The number of anilines is 1. The van der Waals surface area contributed by atoms with Gasteiger partial charge in [0.2, 0.25) is 4.99 Å². The summed E-state index contributed by atoms with van der Waals surface area (Å²) in [5.74, 6) is -0.472. The molecule has 0 aliphatic carbocycles. The molecular formula is C18H22FN3O3S. The van der Waals surface area contributed by atoms with E-state index >= 15 is 0 Å². The van der Waals surface area contributed by atoms with Gasteiger partial charge >= 0.3 is 0 Å². The van der Waals surface area contributed by atoms with Crippen LogP contribution in [0.15, 0.2) is 54.6 Å². The zero-order valence-corrected chi connectivity index (χ0v) is 15.0. The molecule has 6 nitrogen and oxygen atoms in total. The predicted molar refractivity (Wildman–Crippen MR) is 98.2 cm³/mol. The van der Waals surface area contributed by atoms with Crippen LogP contribution in [0.4, 0.5) is 10.1 Å². The van der Waals surface area contributed by atoms with Gasteiger partial charge in [0, 0.05) is 18.8 Å². The molecule has 0 bridgehead atoms. The number of benzene rings is 2. The van der Waals surface area contributed by atoms with E-state index in [1.165, 1.54) is 12.1 Å². The number of piperazine rings is 1. The predicted octanol–water partition coefficient (Wildman–Crippen LogP) is 1.53. The van der Waals surface area contributed by atoms with E-state index in [1.54, 1.807) is 17.0 Å². The van der Waals surface area contributed by atoms with E-state index < -0.39 is 14.8 Å². The molecule has 3 rings (SSSR count). The quantitative estimate of drug-likeness (QED) is 0.661. The van der Waals surface area contributed by atoms with Crippen molar-refractivity contribution < 1.29 is 18.0 Å². The molecule has 1 fully saturated rings. The Labute approximate surface area is 152 Å². The topological polar surface area (TPSA) is 81.7 Å². The number of rotatable bonds is 6. The molecule has 0 aromatic heterocycles. The van der Waals surface area contributed by atoms with Gasteiger partial charge in [-0.3, -0.25) is 5.32 Å². The first kappa shape index (κ1) is 18.8. The van der Waals surface area contributed by atoms with E-state index in [1.807, 2.05) is 35.8 Å². The van der Waals surface area contributed by atoms with E-state index in [0.717, 1.165) is 5.56 Å². The second-order valence-electron chi connectivity index (χ2n) is 6.32. The zero-order valence-electron chi connectivity index (χ0n) is 14.2. The van der Waals surface area contributed by atoms with Crippen molar-refractivity contribution in [2.24, 2.45) is 0 Å². The summed E-state index contributed by atoms with van der Waals surface area (Å²) >= 11 is 0. The number of hydrogen-bond acceptors (Lipinski definition) is 6. The first-order valence-electron chi connectivity index (χ1n) is 8.39. The fourth-order valence-corrected chi connectivity index (χ4v) is 4.76. The maximum atomic E-state index is 13.1. The number of aryl methyl sites for hydroxylation is 1. The lowest BCUT2D eigenvalue weighted by Gasteiger charge is -2.42. The standard InChI is InChI=1S/C18H22FN3O3S/c19-16-6-8-17(9-7-16)22-12-11-20-18(14-22,21-23)26(24,25)13-10-15-4-2-1-3-5-15/h1-9,20-21,23H,10-14H2. The highest BCUT2D eigenvalue weighted by molar-refractivity contribution is 7.92. The van der Waals surface area contributed by atoms with Crippen LogP contribution in [0.25, 0.3) is 0 Å². The molecule has 1 unspecified atom stereocenters. The van der Waals surface area contributed by atoms with Gasteiger partial charge < -0.3 is 10.1 Å². The molecule has 1 saturated heterocycles. The largest absolute Gasteiger partial charge is 0.366 e. The summed E-state index contributed by atoms with van der Waals surface area (Å²) in [5, 5.41) is 12.6. The van der Waals surface area contributed by atoms with Crippen molar-refractivity contribution in [1.82, 2.24) is 10.8 Å². The maximum Gasteiger partial charge on any atom is 0.212 e. The summed E-state index contributed by atoms with van der Waals surface area (Å²) < 4.78 is 39.1. The summed E-state index contributed by atoms with van der Waals surface area (Å²) in [6.07, 6.45) is 0.352. The van der Waals surface area contributed by atoms with Gasteiger partial charge in [-0.15, -0.1) is 0 Å². The Morgan fingerprint density at radius 2 is 1.85 bits per heavy atom. The van der Waals surface area contributed by atoms with Crippen molar-refractivity contribution in [1.29, 1.82) is 0 Å². The van der Waals surface area contributed by atoms with Crippen LogP contribution in [0.1, 0.15) is 5.56 Å². The van der Waals surface area contributed by atoms with Gasteiger partial charge in [-0.05, 0) is 36.2 Å². The van der Waals surface area contributed by atoms with E-state index in [0.29, 0.717) is 25.2 Å². The van der Waals surface area contributed by atoms with Crippen molar-refractivity contribution in [3.63, 3.8) is 0 Å². The highest BCUT2D eigenvalue weighted by atomic mass is 32.2. The summed E-state index contributed by atoms with van der Waals surface area (Å²) in [4.78, 5) is 0.133. The number of nitrogens with one attached hydrogen (secondary N) is 2. The van der Waals surface area contributed by atoms with Crippen LogP contribution in [-0.4, -0.2) is 44.0 Å². The number of halogens is 1. The van der Waals surface area contributed by atoms with E-state index in [9.17, 15) is 18.0 Å². The molecule has 26 heavy (non-hydrogen) atoms. The molecular weight excluding hydrogens is 357 g/mol. The minimum absolute atomic E-state index is 0.00621. The molecule has 1 aliphatic rings. The van der Waals surface area contributed by atoms with Crippen LogP contribution in [0.2, 0.25) is 0 Å². The Bertz CT molecular complexity index is 831. The number of hydroxylamine groups is 1. The lowest BCUT2D eigenvalue weighted by atomic mass is 10.2. The Morgan fingerprint density at radius 3 is 2.50 bits per heavy atom. The molecule has 8 heteroatoms. The van der Waals surface area contributed by atoms with Gasteiger partial charge in [0.25, 0.3) is 0 Å². The van der Waals surface area contributed by atoms with E-state index in [4.69, 9.17) is 0 Å². The molecule has 0 spiro atoms. The van der Waals surface area contributed by atoms with Gasteiger partial charge in [-0.1, -0.05) is 30.3 Å². The Balaban J connectivity index is 1.78. The minimum atomic E-state index is -3.73. The smallest absolute Gasteiger partial charge is 0.212 e. The molecule has 1 atom stereocenters. The summed E-state index contributed by atoms with van der Waals surface area (Å²) in [7, 11) is -3.73. The van der Waals surface area contributed by atoms with Crippen LogP contribution in [0.3, 0.4) is 0 Å². The van der Waals surface area contributed by atoms with Gasteiger partial charge in [0.05, 0.1) is 12.3 Å². The van der Waals surface area contributed by atoms with Gasteiger partial charge in [-0.2, -0.15) is 5.48 Å². The summed E-state index contributed by atoms with van der Waals surface area (Å²) in [6, 6.07) is 15.2. The Kier molecular flexibility index (Phi) is 5.57. The van der Waals surface area contributed by atoms with Crippen LogP contribution in [0.5, 0.6) is 0 Å². The molecule has 0 radical (unpaired) electrons. The first-order chi connectivity index (χ1) is 12.5. The van der Waals surface area contributed by atoms with Crippen molar-refractivity contribution in [2.75, 3.05) is 30.3 Å². The van der Waals surface area contributed by atoms with Gasteiger partial charge in [0.15, 0.2) is 9.84 Å². The maximum absolute atomic E-state index is 13.1. The van der Waals surface area contributed by atoms with Crippen molar-refractivity contribution in [3.8, 4) is 0 Å². The molecule has 2 aromatic rings. The van der Waals surface area contributed by atoms with Gasteiger partial charge in [0.1, 0.15) is 5.82 Å². The van der Waals surface area contributed by atoms with E-state index in [-0.39, 0.29) is 18.1 Å². The average Bonchev–Trinajstić information content (AvgIpc) is 2.68. The lowest BCUT2D eigenvalue weighted by molar-refractivity contribution is 0.0830. The fraction of sp³-hybridized carbons (Fsp3) is 0.333. The summed E-state index contributed by atoms with van der Waals surface area (Å²) in [5.41, 5.74) is 3.60. The molecule has 1 aliphatic heterocycles. The minimum Gasteiger partial charge on any atom is -0.366 e. The van der Waals surface area contributed by atoms with Crippen LogP contribution < -0.4 is 15.7 Å². The fourth-order valence-electron chi connectivity index (χ4n) is 3.09. The molecule has 3 N–H and O–H groups in total.